The summed E-state index contributed by atoms with van der Waals surface area (Å²) in [7, 11) is 0. The van der Waals surface area contributed by atoms with Gasteiger partial charge in [0.05, 0.1) is 17.4 Å². The Labute approximate surface area is 113 Å². The van der Waals surface area contributed by atoms with Crippen LogP contribution < -0.4 is 5.73 Å². The maximum absolute atomic E-state index is 5.82. The Morgan fingerprint density at radius 3 is 2.83 bits per heavy atom. The molecule has 2 aromatic heterocycles. The van der Waals surface area contributed by atoms with E-state index >= 15 is 0 Å². The van der Waals surface area contributed by atoms with E-state index < -0.39 is 0 Å². The normalized spacial score (nSPS) is 11.0. The van der Waals surface area contributed by atoms with Gasteiger partial charge in [-0.25, -0.2) is 9.67 Å². The van der Waals surface area contributed by atoms with E-state index in [0.29, 0.717) is 0 Å². The van der Waals surface area contributed by atoms with Crippen LogP contribution >= 0.6 is 15.9 Å². The van der Waals surface area contributed by atoms with Crippen LogP contribution in [0.3, 0.4) is 0 Å². The zero-order valence-electron chi connectivity index (χ0n) is 9.76. The molecular weight excluding hydrogens is 292 g/mol. The third-order valence-corrected chi connectivity index (χ3v) is 3.66. The van der Waals surface area contributed by atoms with Crippen LogP contribution in [0.5, 0.6) is 0 Å². The summed E-state index contributed by atoms with van der Waals surface area (Å²) in [5.41, 5.74) is 8.43. The molecule has 0 saturated heterocycles. The maximum atomic E-state index is 5.82. The molecule has 2 N–H and O–H groups in total. The molecule has 0 amide bonds. The number of fused-ring (bicyclic) bond motifs is 1. The molecule has 1 aromatic carbocycles. The monoisotopic (exact) mass is 302 g/mol. The molecule has 4 nitrogen and oxygen atoms in total. The van der Waals surface area contributed by atoms with Crippen molar-refractivity contribution in [2.45, 2.75) is 6.92 Å². The van der Waals surface area contributed by atoms with Gasteiger partial charge in [-0.05, 0) is 53.2 Å². The number of pyridine rings is 1. The van der Waals surface area contributed by atoms with Crippen molar-refractivity contribution < 1.29 is 0 Å². The van der Waals surface area contributed by atoms with E-state index in [-0.39, 0.29) is 0 Å². The van der Waals surface area contributed by atoms with E-state index in [1.807, 2.05) is 43.5 Å². The molecule has 0 aliphatic rings. The number of nitrogens with zero attached hydrogens (tertiary/aromatic N) is 3. The minimum Gasteiger partial charge on any atom is -0.399 e. The highest BCUT2D eigenvalue weighted by Crippen LogP contribution is 2.21. The van der Waals surface area contributed by atoms with E-state index in [2.05, 4.69) is 26.0 Å². The highest BCUT2D eigenvalue weighted by molar-refractivity contribution is 9.10. The molecule has 0 bridgehead atoms. The van der Waals surface area contributed by atoms with Gasteiger partial charge in [0.2, 0.25) is 0 Å². The van der Waals surface area contributed by atoms with Gasteiger partial charge in [0.15, 0.2) is 5.82 Å². The van der Waals surface area contributed by atoms with Crippen molar-refractivity contribution >= 4 is 32.5 Å². The Hall–Kier alpha value is -1.88. The molecule has 0 saturated carbocycles. The summed E-state index contributed by atoms with van der Waals surface area (Å²) in [6.07, 6.45) is 1.81. The van der Waals surface area contributed by atoms with Crippen LogP contribution in [0.2, 0.25) is 0 Å². The second-order valence-electron chi connectivity index (χ2n) is 4.11. The summed E-state index contributed by atoms with van der Waals surface area (Å²) < 4.78 is 2.78. The molecular formula is C13H11BrN4. The average Bonchev–Trinajstić information content (AvgIpc) is 2.75. The lowest BCUT2D eigenvalue weighted by molar-refractivity contribution is 0.866. The van der Waals surface area contributed by atoms with E-state index in [4.69, 9.17) is 5.73 Å². The number of halogens is 1. The molecule has 0 fully saturated rings. The van der Waals surface area contributed by atoms with Crippen LogP contribution in [0.25, 0.3) is 16.7 Å². The first-order valence-corrected chi connectivity index (χ1v) is 6.31. The van der Waals surface area contributed by atoms with Crippen LogP contribution in [-0.4, -0.2) is 14.8 Å². The Morgan fingerprint density at radius 1 is 1.22 bits per heavy atom. The van der Waals surface area contributed by atoms with Gasteiger partial charge in [-0.3, -0.25) is 0 Å². The number of nitrogens with two attached hydrogens (primary N) is 1. The van der Waals surface area contributed by atoms with E-state index in [9.17, 15) is 0 Å². The first-order chi connectivity index (χ1) is 8.65. The highest BCUT2D eigenvalue weighted by atomic mass is 79.9. The molecule has 18 heavy (non-hydrogen) atoms. The topological polar surface area (TPSA) is 56.7 Å². The van der Waals surface area contributed by atoms with Gasteiger partial charge in [-0.1, -0.05) is 0 Å². The van der Waals surface area contributed by atoms with Gasteiger partial charge >= 0.3 is 0 Å². The molecule has 3 aromatic rings. The molecule has 0 radical (unpaired) electrons. The zero-order chi connectivity index (χ0) is 12.7. The molecule has 0 unspecified atom stereocenters. The maximum Gasteiger partial charge on any atom is 0.154 e. The Balaban J connectivity index is 2.24. The van der Waals surface area contributed by atoms with E-state index in [1.54, 1.807) is 4.68 Å². The molecule has 5 heteroatoms. The van der Waals surface area contributed by atoms with Crippen molar-refractivity contribution in [1.82, 2.24) is 14.8 Å². The highest BCUT2D eigenvalue weighted by Gasteiger charge is 2.07. The van der Waals surface area contributed by atoms with Crippen LogP contribution in [0.4, 0.5) is 5.69 Å². The van der Waals surface area contributed by atoms with Crippen LogP contribution in [-0.2, 0) is 0 Å². The fraction of sp³-hybridized carbons (Fsp3) is 0.0769. The Kier molecular flexibility index (Phi) is 2.56. The average molecular weight is 303 g/mol. The van der Waals surface area contributed by atoms with Gasteiger partial charge < -0.3 is 5.73 Å². The number of anilines is 1. The predicted octanol–water partition coefficient (Wildman–Crippen LogP) is 3.07. The number of aromatic nitrogens is 3. The third kappa shape index (κ3) is 1.76. The third-order valence-electron chi connectivity index (χ3n) is 2.82. The fourth-order valence-electron chi connectivity index (χ4n) is 1.87. The summed E-state index contributed by atoms with van der Waals surface area (Å²) >= 11 is 3.44. The molecule has 0 atom stereocenters. The lowest BCUT2D eigenvalue weighted by Crippen LogP contribution is -2.00. The number of rotatable bonds is 1. The standard InChI is InChI=1S/C13H11BrN4/c1-8-11(14)4-5-13(17-8)18-12-6-10(15)3-2-9(12)7-16-18/h2-7H,15H2,1H3. The Bertz CT molecular complexity index is 733. The van der Waals surface area contributed by atoms with Gasteiger partial charge in [0.25, 0.3) is 0 Å². The number of hydrogen-bond donors (Lipinski definition) is 1. The molecule has 3 rings (SSSR count). The Morgan fingerprint density at radius 2 is 2.06 bits per heavy atom. The second-order valence-corrected chi connectivity index (χ2v) is 4.97. The number of hydrogen-bond acceptors (Lipinski definition) is 3. The first kappa shape index (κ1) is 11.2. The number of aryl methyl sites for hydroxylation is 1. The van der Waals surface area contributed by atoms with Gasteiger partial charge in [0.1, 0.15) is 0 Å². The molecule has 90 valence electrons. The van der Waals surface area contributed by atoms with Crippen molar-refractivity contribution in [3.63, 3.8) is 0 Å². The first-order valence-electron chi connectivity index (χ1n) is 5.52. The smallest absolute Gasteiger partial charge is 0.154 e. The van der Waals surface area contributed by atoms with Gasteiger partial charge in [-0.15, -0.1) is 0 Å². The zero-order valence-corrected chi connectivity index (χ0v) is 11.3. The quantitative estimate of drug-likeness (QED) is 0.703. The minimum atomic E-state index is 0.720. The lowest BCUT2D eigenvalue weighted by Gasteiger charge is -2.05. The van der Waals surface area contributed by atoms with Crippen LogP contribution in [0.15, 0.2) is 41.0 Å². The summed E-state index contributed by atoms with van der Waals surface area (Å²) in [6.45, 7) is 1.95. The largest absolute Gasteiger partial charge is 0.399 e. The summed E-state index contributed by atoms with van der Waals surface area (Å²) in [4.78, 5) is 4.51. The molecule has 2 heterocycles. The summed E-state index contributed by atoms with van der Waals surface area (Å²) in [5.74, 6) is 0.788. The SMILES string of the molecule is Cc1nc(-n2ncc3ccc(N)cc32)ccc1Br. The van der Waals surface area contributed by atoms with Crippen molar-refractivity contribution in [3.05, 3.63) is 46.7 Å². The van der Waals surface area contributed by atoms with Crippen molar-refractivity contribution in [2.75, 3.05) is 5.73 Å². The van der Waals surface area contributed by atoms with Gasteiger partial charge in [-0.2, -0.15) is 5.10 Å². The second kappa shape index (κ2) is 4.10. The molecule has 0 spiro atoms. The number of benzene rings is 1. The molecule has 0 aliphatic carbocycles. The van der Waals surface area contributed by atoms with Crippen LogP contribution in [0, 0.1) is 6.92 Å². The minimum absolute atomic E-state index is 0.720. The molecule has 0 aliphatic heterocycles. The van der Waals surface area contributed by atoms with E-state index in [0.717, 1.165) is 32.6 Å². The summed E-state index contributed by atoms with van der Waals surface area (Å²) in [6, 6.07) is 9.63. The van der Waals surface area contributed by atoms with E-state index in [1.165, 1.54) is 0 Å². The number of nitrogen functional groups attached to an aromatic ring is 1. The fourth-order valence-corrected chi connectivity index (χ4v) is 2.09. The van der Waals surface area contributed by atoms with Crippen molar-refractivity contribution in [1.29, 1.82) is 0 Å². The van der Waals surface area contributed by atoms with Gasteiger partial charge in [0, 0.05) is 15.5 Å². The van der Waals surface area contributed by atoms with Crippen molar-refractivity contribution in [3.8, 4) is 5.82 Å². The van der Waals surface area contributed by atoms with Crippen LogP contribution in [0.1, 0.15) is 5.69 Å². The predicted molar refractivity (Wildman–Crippen MR) is 75.7 cm³/mol. The van der Waals surface area contributed by atoms with Crippen molar-refractivity contribution in [2.24, 2.45) is 0 Å². The lowest BCUT2D eigenvalue weighted by atomic mass is 10.2. The summed E-state index contributed by atoms with van der Waals surface area (Å²) in [5, 5.41) is 5.41.